The summed E-state index contributed by atoms with van der Waals surface area (Å²) in [6.07, 6.45) is 0. The Morgan fingerprint density at radius 1 is 1.29 bits per heavy atom. The monoisotopic (exact) mass is 194 g/mol. The molecule has 74 valence electrons. The van der Waals surface area contributed by atoms with E-state index in [2.05, 4.69) is 4.89 Å². The predicted octanol–water partition coefficient (Wildman–Crippen LogP) is 1.83. The van der Waals surface area contributed by atoms with E-state index >= 15 is 0 Å². The van der Waals surface area contributed by atoms with Gasteiger partial charge >= 0.3 is 5.97 Å². The van der Waals surface area contributed by atoms with Gasteiger partial charge in [-0.2, -0.15) is 5.26 Å². The molecule has 1 N–H and O–H groups in total. The molecule has 0 amide bonds. The molecular weight excluding hydrogens is 184 g/mol. The Kier molecular flexibility index (Phi) is 2.99. The summed E-state index contributed by atoms with van der Waals surface area (Å²) in [6, 6.07) is 4.74. The minimum Gasteiger partial charge on any atom is -0.295 e. The summed E-state index contributed by atoms with van der Waals surface area (Å²) in [4.78, 5) is 25.8. The zero-order valence-electron chi connectivity index (χ0n) is 7.90. The highest BCUT2D eigenvalue weighted by atomic mass is 17.1. The van der Waals surface area contributed by atoms with Gasteiger partial charge in [-0.3, -0.25) is 9.68 Å². The van der Waals surface area contributed by atoms with Gasteiger partial charge in [0.15, 0.2) is 5.78 Å². The van der Waals surface area contributed by atoms with Gasteiger partial charge in [0.1, 0.15) is 0 Å². The Bertz CT molecular complexity index is 382. The van der Waals surface area contributed by atoms with Crippen molar-refractivity contribution in [3.63, 3.8) is 0 Å². The Morgan fingerprint density at radius 2 is 1.93 bits per heavy atom. The lowest BCUT2D eigenvalue weighted by Gasteiger charge is -2.04. The molecule has 1 aromatic rings. The molecule has 0 saturated heterocycles. The van der Waals surface area contributed by atoms with Crippen LogP contribution in [0.25, 0.3) is 0 Å². The van der Waals surface area contributed by atoms with E-state index in [0.29, 0.717) is 0 Å². The molecule has 0 bridgehead atoms. The van der Waals surface area contributed by atoms with E-state index in [4.69, 9.17) is 5.26 Å². The number of hydrogen-bond donors (Lipinski definition) is 1. The molecule has 1 aromatic carbocycles. The van der Waals surface area contributed by atoms with Crippen molar-refractivity contribution >= 4 is 11.8 Å². The van der Waals surface area contributed by atoms with Crippen LogP contribution in [-0.2, 0) is 4.89 Å². The first-order valence-electron chi connectivity index (χ1n) is 4.03. The first-order valence-corrected chi connectivity index (χ1v) is 4.03. The third kappa shape index (κ3) is 1.97. The summed E-state index contributed by atoms with van der Waals surface area (Å²) in [5, 5.41) is 8.22. The van der Waals surface area contributed by atoms with Crippen molar-refractivity contribution in [3.8, 4) is 0 Å². The predicted molar refractivity (Wildman–Crippen MR) is 49.2 cm³/mol. The molecule has 0 aromatic heterocycles. The lowest BCUT2D eigenvalue weighted by molar-refractivity contribution is -0.182. The highest BCUT2D eigenvalue weighted by molar-refractivity contribution is 6.05. The maximum Gasteiger partial charge on any atom is 0.373 e. The molecule has 0 heterocycles. The van der Waals surface area contributed by atoms with Crippen LogP contribution < -0.4 is 0 Å². The number of benzene rings is 1. The maximum atomic E-state index is 11.1. The van der Waals surface area contributed by atoms with Gasteiger partial charge in [-0.25, -0.2) is 4.79 Å². The van der Waals surface area contributed by atoms with Gasteiger partial charge in [0.2, 0.25) is 0 Å². The molecule has 0 saturated carbocycles. The van der Waals surface area contributed by atoms with E-state index in [1.165, 1.54) is 19.1 Å². The molecule has 4 nitrogen and oxygen atoms in total. The Balaban J connectivity index is 3.29. The zero-order chi connectivity index (χ0) is 10.7. The second kappa shape index (κ2) is 4.02. The summed E-state index contributed by atoms with van der Waals surface area (Å²) in [7, 11) is 0. The van der Waals surface area contributed by atoms with Crippen LogP contribution in [0.3, 0.4) is 0 Å². The van der Waals surface area contributed by atoms with Gasteiger partial charge in [-0.15, -0.1) is 0 Å². The fourth-order valence-corrected chi connectivity index (χ4v) is 1.18. The summed E-state index contributed by atoms with van der Waals surface area (Å²) in [5.74, 6) is -1.16. The minimum absolute atomic E-state index is 0.0833. The smallest absolute Gasteiger partial charge is 0.295 e. The topological polar surface area (TPSA) is 63.6 Å². The van der Waals surface area contributed by atoms with Crippen molar-refractivity contribution in [1.29, 1.82) is 0 Å². The molecule has 0 radical (unpaired) electrons. The van der Waals surface area contributed by atoms with Gasteiger partial charge < -0.3 is 0 Å². The van der Waals surface area contributed by atoms with Crippen molar-refractivity contribution in [1.82, 2.24) is 0 Å². The largest absolute Gasteiger partial charge is 0.373 e. The van der Waals surface area contributed by atoms with E-state index in [-0.39, 0.29) is 16.9 Å². The van der Waals surface area contributed by atoms with Crippen molar-refractivity contribution in [2.24, 2.45) is 0 Å². The molecular formula is C10H10O4. The van der Waals surface area contributed by atoms with E-state index in [0.717, 1.165) is 5.56 Å². The number of Topliss-reactive ketones (excluding diaryl/α,β-unsaturated/α-hetero) is 1. The molecule has 4 heteroatoms. The average Bonchev–Trinajstić information content (AvgIpc) is 2.16. The second-order valence-electron chi connectivity index (χ2n) is 2.98. The quantitative estimate of drug-likeness (QED) is 0.443. The van der Waals surface area contributed by atoms with Gasteiger partial charge in [0.05, 0.1) is 5.56 Å². The first kappa shape index (κ1) is 10.4. The van der Waals surface area contributed by atoms with Crippen LogP contribution in [0.15, 0.2) is 18.2 Å². The fraction of sp³-hybridized carbons (Fsp3) is 0.200. The lowest BCUT2D eigenvalue weighted by Crippen LogP contribution is -2.09. The minimum atomic E-state index is -0.918. The number of rotatable bonds is 2. The molecule has 14 heavy (non-hydrogen) atoms. The van der Waals surface area contributed by atoms with Crippen molar-refractivity contribution in [2.45, 2.75) is 13.8 Å². The Hall–Kier alpha value is -1.68. The van der Waals surface area contributed by atoms with Crippen LogP contribution in [0.4, 0.5) is 0 Å². The summed E-state index contributed by atoms with van der Waals surface area (Å²) >= 11 is 0. The summed E-state index contributed by atoms with van der Waals surface area (Å²) < 4.78 is 0. The van der Waals surface area contributed by atoms with Crippen LogP contribution in [0.1, 0.15) is 33.2 Å². The fourth-order valence-electron chi connectivity index (χ4n) is 1.18. The van der Waals surface area contributed by atoms with Crippen LogP contribution in [0.2, 0.25) is 0 Å². The third-order valence-corrected chi connectivity index (χ3v) is 1.86. The van der Waals surface area contributed by atoms with E-state index in [9.17, 15) is 9.59 Å². The van der Waals surface area contributed by atoms with Crippen LogP contribution in [-0.4, -0.2) is 17.0 Å². The Morgan fingerprint density at radius 3 is 2.43 bits per heavy atom. The second-order valence-corrected chi connectivity index (χ2v) is 2.98. The number of carbonyl (C=O) groups excluding carboxylic acids is 2. The van der Waals surface area contributed by atoms with Crippen molar-refractivity contribution < 1.29 is 19.7 Å². The molecule has 0 fully saturated rings. The van der Waals surface area contributed by atoms with Crippen molar-refractivity contribution in [2.75, 3.05) is 0 Å². The average molecular weight is 194 g/mol. The summed E-state index contributed by atoms with van der Waals surface area (Å²) in [5.41, 5.74) is 1.14. The van der Waals surface area contributed by atoms with E-state index in [1.807, 2.05) is 0 Å². The third-order valence-electron chi connectivity index (χ3n) is 1.86. The van der Waals surface area contributed by atoms with E-state index < -0.39 is 5.97 Å². The zero-order valence-corrected chi connectivity index (χ0v) is 7.90. The van der Waals surface area contributed by atoms with Crippen LogP contribution in [0, 0.1) is 6.92 Å². The van der Waals surface area contributed by atoms with Gasteiger partial charge in [0.25, 0.3) is 0 Å². The molecule has 0 spiro atoms. The lowest BCUT2D eigenvalue weighted by atomic mass is 10.0. The normalized spacial score (nSPS) is 9.64. The number of carbonyl (C=O) groups is 2. The standard InChI is InChI=1S/C10H10O4/c1-6-3-4-8(7(2)11)9(5-6)10(12)14-13/h3-5,13H,1-2H3. The SMILES string of the molecule is CC(=O)c1ccc(C)cc1C(=O)OO. The molecule has 1 rings (SSSR count). The Labute approximate surface area is 81.1 Å². The molecule has 0 aliphatic carbocycles. The summed E-state index contributed by atoms with van der Waals surface area (Å²) in [6.45, 7) is 3.12. The first-order chi connectivity index (χ1) is 6.56. The molecule has 0 aliphatic rings. The highest BCUT2D eigenvalue weighted by Crippen LogP contribution is 2.13. The highest BCUT2D eigenvalue weighted by Gasteiger charge is 2.15. The van der Waals surface area contributed by atoms with Crippen LogP contribution >= 0.6 is 0 Å². The van der Waals surface area contributed by atoms with Crippen molar-refractivity contribution in [3.05, 3.63) is 34.9 Å². The maximum absolute atomic E-state index is 11.1. The van der Waals surface area contributed by atoms with Gasteiger partial charge in [-0.1, -0.05) is 17.7 Å². The molecule has 0 unspecified atom stereocenters. The van der Waals surface area contributed by atoms with Gasteiger partial charge in [-0.05, 0) is 19.9 Å². The molecule has 0 aliphatic heterocycles. The number of ketones is 1. The number of aryl methyl sites for hydroxylation is 1. The number of hydrogen-bond acceptors (Lipinski definition) is 4. The van der Waals surface area contributed by atoms with Crippen LogP contribution in [0.5, 0.6) is 0 Å². The van der Waals surface area contributed by atoms with Gasteiger partial charge in [0, 0.05) is 5.56 Å². The van der Waals surface area contributed by atoms with E-state index in [1.54, 1.807) is 13.0 Å². The molecule has 0 atom stereocenters.